The molecule has 0 saturated carbocycles. The third-order valence-electron chi connectivity index (χ3n) is 2.70. The van der Waals surface area contributed by atoms with Crippen LogP contribution in [0.15, 0.2) is 4.90 Å². The highest BCUT2D eigenvalue weighted by molar-refractivity contribution is 7.89. The second-order valence-electron chi connectivity index (χ2n) is 4.38. The molecule has 0 atom stereocenters. The summed E-state index contributed by atoms with van der Waals surface area (Å²) >= 11 is 0. The highest BCUT2D eigenvalue weighted by Crippen LogP contribution is 2.15. The molecule has 0 aliphatic carbocycles. The number of nitrogens with two attached hydrogens (primary N) is 1. The first-order chi connectivity index (χ1) is 9.38. The van der Waals surface area contributed by atoms with E-state index in [4.69, 9.17) is 9.88 Å². The summed E-state index contributed by atoms with van der Waals surface area (Å²) in [5, 5.41) is 13.8. The predicted octanol–water partition coefficient (Wildman–Crippen LogP) is -0.0880. The van der Waals surface area contributed by atoms with Crippen LogP contribution in [0.25, 0.3) is 0 Å². The van der Waals surface area contributed by atoms with Crippen molar-refractivity contribution in [3.63, 3.8) is 0 Å². The third-order valence-corrected chi connectivity index (χ3v) is 3.77. The van der Waals surface area contributed by atoms with Crippen LogP contribution in [0, 0.1) is 6.92 Å². The molecule has 1 rings (SSSR count). The molecule has 1 aromatic rings. The van der Waals surface area contributed by atoms with Gasteiger partial charge in [0.2, 0.25) is 10.0 Å². The number of ether oxygens (including phenoxy) is 1. The van der Waals surface area contributed by atoms with Gasteiger partial charge in [0, 0.05) is 20.3 Å². The van der Waals surface area contributed by atoms with Crippen molar-refractivity contribution in [3.05, 3.63) is 11.4 Å². The first-order valence-corrected chi connectivity index (χ1v) is 7.77. The first-order valence-electron chi connectivity index (χ1n) is 6.22. The molecule has 1 aromatic heterocycles. The van der Waals surface area contributed by atoms with E-state index in [-0.39, 0.29) is 16.3 Å². The zero-order valence-corrected chi connectivity index (χ0v) is 12.4. The number of carbonyl (C=O) groups excluding carboxylic acids is 1. The summed E-state index contributed by atoms with van der Waals surface area (Å²) in [6, 6.07) is 0. The Balaban J connectivity index is 2.57. The lowest BCUT2D eigenvalue weighted by molar-refractivity contribution is 0.0944. The number of aromatic nitrogens is 2. The fourth-order valence-corrected chi connectivity index (χ4v) is 2.64. The van der Waals surface area contributed by atoms with Crippen molar-refractivity contribution in [2.45, 2.75) is 31.1 Å². The van der Waals surface area contributed by atoms with Crippen molar-refractivity contribution < 1.29 is 17.9 Å². The van der Waals surface area contributed by atoms with E-state index in [0.717, 1.165) is 19.3 Å². The molecule has 1 amide bonds. The molecule has 0 saturated heterocycles. The molecule has 0 bridgehead atoms. The monoisotopic (exact) mass is 304 g/mol. The van der Waals surface area contributed by atoms with Gasteiger partial charge in [0.05, 0.1) is 5.69 Å². The highest BCUT2D eigenvalue weighted by Gasteiger charge is 2.25. The maximum absolute atomic E-state index is 11.9. The molecular weight excluding hydrogens is 284 g/mol. The summed E-state index contributed by atoms with van der Waals surface area (Å²) in [5.41, 5.74) is 0.0552. The van der Waals surface area contributed by atoms with Gasteiger partial charge in [-0.25, -0.2) is 13.6 Å². The van der Waals surface area contributed by atoms with Crippen LogP contribution >= 0.6 is 0 Å². The molecule has 1 heterocycles. The summed E-state index contributed by atoms with van der Waals surface area (Å²) in [7, 11) is -2.34. The number of amides is 1. The Bertz CT molecular complexity index is 553. The third kappa shape index (κ3) is 4.58. The lowest BCUT2D eigenvalue weighted by Crippen LogP contribution is -2.27. The van der Waals surface area contributed by atoms with E-state index in [1.165, 1.54) is 6.92 Å². The number of hydrogen-bond donors (Lipinski definition) is 3. The lowest BCUT2D eigenvalue weighted by Gasteiger charge is -2.04. The lowest BCUT2D eigenvalue weighted by atomic mass is 10.2. The molecule has 0 unspecified atom stereocenters. The van der Waals surface area contributed by atoms with Crippen molar-refractivity contribution in [3.8, 4) is 0 Å². The Kier molecular flexibility index (Phi) is 6.11. The molecule has 0 aromatic carbocycles. The maximum Gasteiger partial charge on any atom is 0.273 e. The summed E-state index contributed by atoms with van der Waals surface area (Å²) in [5.74, 6) is -0.551. The van der Waals surface area contributed by atoms with Gasteiger partial charge in [0.15, 0.2) is 5.69 Å². The number of aryl methyl sites for hydroxylation is 1. The number of sulfonamides is 1. The summed E-state index contributed by atoms with van der Waals surface area (Å²) in [6.45, 7) is 2.62. The number of primary sulfonamides is 1. The smallest absolute Gasteiger partial charge is 0.273 e. The van der Waals surface area contributed by atoms with Gasteiger partial charge in [-0.2, -0.15) is 5.10 Å². The number of rotatable bonds is 8. The molecule has 20 heavy (non-hydrogen) atoms. The van der Waals surface area contributed by atoms with Crippen LogP contribution in [0.3, 0.4) is 0 Å². The Morgan fingerprint density at radius 3 is 2.70 bits per heavy atom. The average Bonchev–Trinajstić information content (AvgIpc) is 2.75. The summed E-state index contributed by atoms with van der Waals surface area (Å²) in [6.07, 6.45) is 2.61. The Morgan fingerprint density at radius 1 is 1.40 bits per heavy atom. The van der Waals surface area contributed by atoms with E-state index >= 15 is 0 Å². The van der Waals surface area contributed by atoms with Gasteiger partial charge in [-0.1, -0.05) is 0 Å². The molecule has 8 nitrogen and oxygen atoms in total. The first kappa shape index (κ1) is 16.6. The Hall–Kier alpha value is -1.45. The van der Waals surface area contributed by atoms with Crippen LogP contribution in [0.2, 0.25) is 0 Å². The number of nitrogens with one attached hydrogen (secondary N) is 2. The van der Waals surface area contributed by atoms with Gasteiger partial charge in [-0.3, -0.25) is 9.89 Å². The zero-order valence-electron chi connectivity index (χ0n) is 11.6. The molecular formula is C11H20N4O4S. The van der Waals surface area contributed by atoms with E-state index in [9.17, 15) is 13.2 Å². The molecule has 0 aliphatic rings. The minimum Gasteiger partial charge on any atom is -0.385 e. The van der Waals surface area contributed by atoms with Crippen LogP contribution < -0.4 is 10.5 Å². The van der Waals surface area contributed by atoms with E-state index < -0.39 is 15.9 Å². The molecule has 0 spiro atoms. The number of carbonyl (C=O) groups is 1. The normalized spacial score (nSPS) is 11.6. The summed E-state index contributed by atoms with van der Waals surface area (Å²) < 4.78 is 27.7. The second-order valence-corrected chi connectivity index (χ2v) is 5.88. The van der Waals surface area contributed by atoms with Gasteiger partial charge in [0.25, 0.3) is 5.91 Å². The number of hydrogen-bond acceptors (Lipinski definition) is 5. The quantitative estimate of drug-likeness (QED) is 0.578. The van der Waals surface area contributed by atoms with Crippen LogP contribution in [-0.2, 0) is 14.8 Å². The van der Waals surface area contributed by atoms with Crippen LogP contribution in [0.1, 0.15) is 35.4 Å². The van der Waals surface area contributed by atoms with Gasteiger partial charge in [-0.15, -0.1) is 0 Å². The molecule has 9 heteroatoms. The zero-order chi connectivity index (χ0) is 15.2. The summed E-state index contributed by atoms with van der Waals surface area (Å²) in [4.78, 5) is 11.6. The van der Waals surface area contributed by atoms with Crippen LogP contribution in [-0.4, -0.2) is 44.8 Å². The molecule has 114 valence electrons. The fraction of sp³-hybridized carbons (Fsp3) is 0.636. The van der Waals surface area contributed by atoms with Crippen LogP contribution in [0.4, 0.5) is 0 Å². The van der Waals surface area contributed by atoms with Gasteiger partial charge in [-0.05, 0) is 26.2 Å². The Morgan fingerprint density at radius 2 is 2.10 bits per heavy atom. The predicted molar refractivity (Wildman–Crippen MR) is 72.8 cm³/mol. The number of H-pyrrole nitrogens is 1. The van der Waals surface area contributed by atoms with Crippen molar-refractivity contribution in [2.75, 3.05) is 20.3 Å². The maximum atomic E-state index is 11.9. The van der Waals surface area contributed by atoms with Crippen molar-refractivity contribution in [1.29, 1.82) is 0 Å². The van der Waals surface area contributed by atoms with E-state index in [0.29, 0.717) is 13.2 Å². The van der Waals surface area contributed by atoms with Crippen molar-refractivity contribution in [1.82, 2.24) is 15.5 Å². The molecule has 0 aliphatic heterocycles. The largest absolute Gasteiger partial charge is 0.385 e. The van der Waals surface area contributed by atoms with E-state index in [2.05, 4.69) is 15.5 Å². The van der Waals surface area contributed by atoms with Crippen molar-refractivity contribution >= 4 is 15.9 Å². The highest BCUT2D eigenvalue weighted by atomic mass is 32.2. The van der Waals surface area contributed by atoms with Gasteiger partial charge < -0.3 is 10.1 Å². The standard InChI is InChI=1S/C11H20N4O4S/c1-8-10(20(12,17)18)9(15-14-8)11(16)13-6-4-3-5-7-19-2/h3-7H2,1-2H3,(H,13,16)(H,14,15)(H2,12,17,18). The topological polar surface area (TPSA) is 127 Å². The molecule has 0 radical (unpaired) electrons. The minimum absolute atomic E-state index is 0.193. The SMILES string of the molecule is COCCCCCNC(=O)c1n[nH]c(C)c1S(N)(=O)=O. The number of nitrogens with zero attached hydrogens (tertiary/aromatic N) is 1. The van der Waals surface area contributed by atoms with E-state index in [1.807, 2.05) is 0 Å². The minimum atomic E-state index is -3.98. The fourth-order valence-electron chi connectivity index (χ4n) is 1.75. The van der Waals surface area contributed by atoms with E-state index in [1.54, 1.807) is 7.11 Å². The van der Waals surface area contributed by atoms with Crippen molar-refractivity contribution in [2.24, 2.45) is 5.14 Å². The number of unbranched alkanes of at least 4 members (excludes halogenated alkanes) is 2. The number of aromatic amines is 1. The van der Waals surface area contributed by atoms with Crippen LogP contribution in [0.5, 0.6) is 0 Å². The molecule has 0 fully saturated rings. The van der Waals surface area contributed by atoms with Gasteiger partial charge in [0.1, 0.15) is 4.90 Å². The Labute approximate surface area is 118 Å². The average molecular weight is 304 g/mol. The molecule has 4 N–H and O–H groups in total. The van der Waals surface area contributed by atoms with Gasteiger partial charge >= 0.3 is 0 Å². The number of methoxy groups -OCH3 is 1. The second kappa shape index (κ2) is 7.36.